The minimum absolute atomic E-state index is 0.287. The molecular weight excluding hydrogens is 288 g/mol. The Balaban J connectivity index is 1.63. The van der Waals surface area contributed by atoms with Gasteiger partial charge >= 0.3 is 0 Å². The van der Waals surface area contributed by atoms with E-state index >= 15 is 0 Å². The molecule has 2 heterocycles. The molecule has 3 rings (SSSR count). The average Bonchev–Trinajstić information content (AvgIpc) is 3.08. The van der Waals surface area contributed by atoms with Crippen molar-refractivity contribution in [2.45, 2.75) is 52.4 Å². The van der Waals surface area contributed by atoms with E-state index in [4.69, 9.17) is 4.98 Å². The molecule has 2 fully saturated rings. The number of carbonyl (C=O) groups is 1. The highest BCUT2D eigenvalue weighted by atomic mass is 16.2. The third-order valence-electron chi connectivity index (χ3n) is 4.99. The molecule has 5 heteroatoms. The number of amides is 1. The Morgan fingerprint density at radius 1 is 1.13 bits per heavy atom. The summed E-state index contributed by atoms with van der Waals surface area (Å²) in [4.78, 5) is 26.1. The van der Waals surface area contributed by atoms with Crippen molar-refractivity contribution in [3.63, 3.8) is 0 Å². The number of rotatable bonds is 3. The quantitative estimate of drug-likeness (QED) is 0.860. The van der Waals surface area contributed by atoms with Crippen molar-refractivity contribution >= 4 is 11.7 Å². The van der Waals surface area contributed by atoms with Gasteiger partial charge in [-0.15, -0.1) is 0 Å². The smallest absolute Gasteiger partial charge is 0.225 e. The van der Waals surface area contributed by atoms with Gasteiger partial charge in [0.1, 0.15) is 11.6 Å². The Bertz CT molecular complexity index is 558. The van der Waals surface area contributed by atoms with Crippen LogP contribution in [0.25, 0.3) is 0 Å². The molecule has 0 unspecified atom stereocenters. The maximum absolute atomic E-state index is 12.5. The van der Waals surface area contributed by atoms with Gasteiger partial charge in [-0.25, -0.2) is 9.97 Å². The summed E-state index contributed by atoms with van der Waals surface area (Å²) in [6.45, 7) is 9.63. The molecule has 1 aliphatic carbocycles. The third-order valence-corrected chi connectivity index (χ3v) is 4.99. The van der Waals surface area contributed by atoms with Gasteiger partial charge < -0.3 is 9.80 Å². The van der Waals surface area contributed by atoms with Crippen molar-refractivity contribution in [3.05, 3.63) is 17.6 Å². The molecule has 1 saturated heterocycles. The average molecular weight is 316 g/mol. The SMILES string of the molecule is Cc1cc(N2CCN(C(=O)C3CCCC3)CC2)nc(C(C)C)n1. The van der Waals surface area contributed by atoms with Crippen LogP contribution < -0.4 is 4.90 Å². The molecule has 126 valence electrons. The fraction of sp³-hybridized carbons (Fsp3) is 0.722. The minimum atomic E-state index is 0.287. The van der Waals surface area contributed by atoms with E-state index in [1.807, 2.05) is 6.92 Å². The van der Waals surface area contributed by atoms with Crippen LogP contribution in [0, 0.1) is 12.8 Å². The first-order valence-electron chi connectivity index (χ1n) is 8.94. The normalized spacial score (nSPS) is 19.7. The predicted molar refractivity (Wildman–Crippen MR) is 91.6 cm³/mol. The first-order valence-corrected chi connectivity index (χ1v) is 8.94. The largest absolute Gasteiger partial charge is 0.353 e. The lowest BCUT2D eigenvalue weighted by Crippen LogP contribution is -2.50. The Morgan fingerprint density at radius 3 is 2.39 bits per heavy atom. The van der Waals surface area contributed by atoms with Crippen LogP contribution in [0.4, 0.5) is 5.82 Å². The highest BCUT2D eigenvalue weighted by molar-refractivity contribution is 5.79. The van der Waals surface area contributed by atoms with Gasteiger partial charge in [-0.05, 0) is 19.8 Å². The topological polar surface area (TPSA) is 49.3 Å². The summed E-state index contributed by atoms with van der Waals surface area (Å²) in [6, 6.07) is 2.06. The first kappa shape index (κ1) is 16.2. The molecule has 0 radical (unpaired) electrons. The van der Waals surface area contributed by atoms with E-state index in [0.717, 1.165) is 56.4 Å². The second kappa shape index (κ2) is 6.85. The fourth-order valence-corrected chi connectivity index (χ4v) is 3.58. The van der Waals surface area contributed by atoms with Crippen LogP contribution in [0.5, 0.6) is 0 Å². The number of aryl methyl sites for hydroxylation is 1. The van der Waals surface area contributed by atoms with Gasteiger partial charge in [-0.1, -0.05) is 26.7 Å². The summed E-state index contributed by atoms with van der Waals surface area (Å²) in [5.74, 6) is 2.91. The Hall–Kier alpha value is -1.65. The second-order valence-electron chi connectivity index (χ2n) is 7.17. The van der Waals surface area contributed by atoms with Gasteiger partial charge in [0.2, 0.25) is 5.91 Å². The number of hydrogen-bond acceptors (Lipinski definition) is 4. The second-order valence-corrected chi connectivity index (χ2v) is 7.17. The van der Waals surface area contributed by atoms with E-state index in [9.17, 15) is 4.79 Å². The van der Waals surface area contributed by atoms with E-state index in [2.05, 4.69) is 34.7 Å². The standard InChI is InChI=1S/C18H28N4O/c1-13(2)17-19-14(3)12-16(20-17)21-8-10-22(11-9-21)18(23)15-6-4-5-7-15/h12-13,15H,4-11H2,1-3H3. The number of piperazine rings is 1. The molecule has 5 nitrogen and oxygen atoms in total. The number of hydrogen-bond donors (Lipinski definition) is 0. The van der Waals surface area contributed by atoms with E-state index in [1.165, 1.54) is 12.8 Å². The van der Waals surface area contributed by atoms with E-state index in [-0.39, 0.29) is 5.92 Å². The van der Waals surface area contributed by atoms with Gasteiger partial charge in [-0.2, -0.15) is 0 Å². The number of aromatic nitrogens is 2. The van der Waals surface area contributed by atoms with Gasteiger partial charge in [-0.3, -0.25) is 4.79 Å². The molecule has 0 aromatic carbocycles. The van der Waals surface area contributed by atoms with E-state index in [0.29, 0.717) is 11.8 Å². The van der Waals surface area contributed by atoms with Gasteiger partial charge in [0.25, 0.3) is 0 Å². The van der Waals surface area contributed by atoms with Crippen LogP contribution in [0.15, 0.2) is 6.07 Å². The molecule has 2 aliphatic rings. The molecule has 0 atom stereocenters. The molecular formula is C18H28N4O. The van der Waals surface area contributed by atoms with Crippen LogP contribution >= 0.6 is 0 Å². The van der Waals surface area contributed by atoms with Gasteiger partial charge in [0.15, 0.2) is 0 Å². The molecule has 1 amide bonds. The zero-order valence-electron chi connectivity index (χ0n) is 14.6. The van der Waals surface area contributed by atoms with Crippen molar-refractivity contribution in [1.82, 2.24) is 14.9 Å². The zero-order chi connectivity index (χ0) is 16.4. The molecule has 1 aliphatic heterocycles. The Morgan fingerprint density at radius 2 is 1.78 bits per heavy atom. The molecule has 23 heavy (non-hydrogen) atoms. The summed E-state index contributed by atoms with van der Waals surface area (Å²) in [7, 11) is 0. The minimum Gasteiger partial charge on any atom is -0.353 e. The summed E-state index contributed by atoms with van der Waals surface area (Å²) in [5, 5.41) is 0. The molecule has 0 bridgehead atoms. The monoisotopic (exact) mass is 316 g/mol. The van der Waals surface area contributed by atoms with E-state index in [1.54, 1.807) is 0 Å². The Labute approximate surface area is 139 Å². The molecule has 0 spiro atoms. The molecule has 0 N–H and O–H groups in total. The maximum atomic E-state index is 12.5. The summed E-state index contributed by atoms with van der Waals surface area (Å²) in [6.07, 6.45) is 4.60. The third kappa shape index (κ3) is 3.65. The van der Waals surface area contributed by atoms with Crippen molar-refractivity contribution in [3.8, 4) is 0 Å². The number of nitrogens with zero attached hydrogens (tertiary/aromatic N) is 4. The molecule has 1 saturated carbocycles. The zero-order valence-corrected chi connectivity index (χ0v) is 14.6. The van der Waals surface area contributed by atoms with Crippen molar-refractivity contribution in [2.24, 2.45) is 5.92 Å². The first-order chi connectivity index (χ1) is 11.0. The van der Waals surface area contributed by atoms with Gasteiger partial charge in [0, 0.05) is 49.8 Å². The van der Waals surface area contributed by atoms with Crippen molar-refractivity contribution < 1.29 is 4.79 Å². The lowest BCUT2D eigenvalue weighted by molar-refractivity contribution is -0.135. The number of carbonyl (C=O) groups excluding carboxylic acids is 1. The molecule has 1 aromatic rings. The van der Waals surface area contributed by atoms with Crippen LogP contribution in [0.3, 0.4) is 0 Å². The van der Waals surface area contributed by atoms with Crippen molar-refractivity contribution in [2.75, 3.05) is 31.1 Å². The van der Waals surface area contributed by atoms with Crippen LogP contribution in [0.2, 0.25) is 0 Å². The van der Waals surface area contributed by atoms with Crippen molar-refractivity contribution in [1.29, 1.82) is 0 Å². The van der Waals surface area contributed by atoms with Gasteiger partial charge in [0.05, 0.1) is 0 Å². The maximum Gasteiger partial charge on any atom is 0.225 e. The number of anilines is 1. The van der Waals surface area contributed by atoms with Crippen LogP contribution in [0.1, 0.15) is 57.0 Å². The molecule has 1 aromatic heterocycles. The van der Waals surface area contributed by atoms with Crippen LogP contribution in [-0.4, -0.2) is 47.0 Å². The summed E-state index contributed by atoms with van der Waals surface area (Å²) < 4.78 is 0. The van der Waals surface area contributed by atoms with Crippen LogP contribution in [-0.2, 0) is 4.79 Å². The lowest BCUT2D eigenvalue weighted by Gasteiger charge is -2.36. The fourth-order valence-electron chi connectivity index (χ4n) is 3.58. The lowest BCUT2D eigenvalue weighted by atomic mass is 10.1. The highest BCUT2D eigenvalue weighted by Gasteiger charge is 2.29. The summed E-state index contributed by atoms with van der Waals surface area (Å²) >= 11 is 0. The van der Waals surface area contributed by atoms with E-state index < -0.39 is 0 Å². The Kier molecular flexibility index (Phi) is 4.83. The highest BCUT2D eigenvalue weighted by Crippen LogP contribution is 2.27. The predicted octanol–water partition coefficient (Wildman–Crippen LogP) is 2.75. The summed E-state index contributed by atoms with van der Waals surface area (Å²) in [5.41, 5.74) is 1.02.